The minimum absolute atomic E-state index is 0.0509. The molecule has 1 atom stereocenters. The first kappa shape index (κ1) is 16.7. The average Bonchev–Trinajstić information content (AvgIpc) is 2.67. The zero-order chi connectivity index (χ0) is 16.9. The van der Waals surface area contributed by atoms with Gasteiger partial charge in [0.25, 0.3) is 5.91 Å². The normalized spacial score (nSPS) is 17.4. The first-order chi connectivity index (χ1) is 11.7. The fourth-order valence-electron chi connectivity index (χ4n) is 2.87. The van der Waals surface area contributed by atoms with Crippen molar-refractivity contribution in [2.45, 2.75) is 6.04 Å². The Kier molecular flexibility index (Phi) is 5.30. The molecule has 0 spiro atoms. The molecule has 2 aromatic rings. The third-order valence-electron chi connectivity index (χ3n) is 4.21. The van der Waals surface area contributed by atoms with Crippen LogP contribution in [0.3, 0.4) is 0 Å². The van der Waals surface area contributed by atoms with Gasteiger partial charge in [0.1, 0.15) is 11.5 Å². The van der Waals surface area contributed by atoms with E-state index in [0.717, 1.165) is 29.4 Å². The van der Waals surface area contributed by atoms with Crippen LogP contribution in [0.4, 0.5) is 0 Å². The standard InChI is InChI=1S/C19H21NO3S/c1-22-16-8-6-14(7-9-16)18-13-24-11-10-20(18)19(21)15-4-3-5-17(12-15)23-2/h3-9,12,18H,10-11,13H2,1-2H3/t18-/m1/s1. The summed E-state index contributed by atoms with van der Waals surface area (Å²) < 4.78 is 10.5. The molecule has 0 saturated carbocycles. The van der Waals surface area contributed by atoms with E-state index in [-0.39, 0.29) is 11.9 Å². The Hall–Kier alpha value is -2.14. The molecular weight excluding hydrogens is 322 g/mol. The highest BCUT2D eigenvalue weighted by Crippen LogP contribution is 2.32. The minimum atomic E-state index is 0.0509. The lowest BCUT2D eigenvalue weighted by Crippen LogP contribution is -2.40. The summed E-state index contributed by atoms with van der Waals surface area (Å²) in [5.74, 6) is 3.45. The van der Waals surface area contributed by atoms with Crippen LogP contribution in [0.25, 0.3) is 0 Å². The molecule has 126 valence electrons. The number of benzene rings is 2. The van der Waals surface area contributed by atoms with Crippen molar-refractivity contribution in [1.82, 2.24) is 4.90 Å². The Morgan fingerprint density at radius 3 is 2.54 bits per heavy atom. The van der Waals surface area contributed by atoms with E-state index >= 15 is 0 Å². The van der Waals surface area contributed by atoms with Crippen LogP contribution < -0.4 is 9.47 Å². The van der Waals surface area contributed by atoms with Gasteiger partial charge >= 0.3 is 0 Å². The van der Waals surface area contributed by atoms with Gasteiger partial charge < -0.3 is 14.4 Å². The van der Waals surface area contributed by atoms with Gasteiger partial charge in [-0.2, -0.15) is 11.8 Å². The minimum Gasteiger partial charge on any atom is -0.497 e. The van der Waals surface area contributed by atoms with Crippen LogP contribution in [-0.4, -0.2) is 43.1 Å². The van der Waals surface area contributed by atoms with Crippen molar-refractivity contribution in [2.75, 3.05) is 32.3 Å². The van der Waals surface area contributed by atoms with E-state index in [0.29, 0.717) is 11.3 Å². The molecule has 3 rings (SSSR count). The molecule has 0 aliphatic carbocycles. The zero-order valence-corrected chi connectivity index (χ0v) is 14.7. The fraction of sp³-hybridized carbons (Fsp3) is 0.316. The smallest absolute Gasteiger partial charge is 0.254 e. The zero-order valence-electron chi connectivity index (χ0n) is 13.9. The van der Waals surface area contributed by atoms with E-state index in [1.165, 1.54) is 0 Å². The Bertz CT molecular complexity index is 702. The maximum absolute atomic E-state index is 13.0. The number of hydrogen-bond acceptors (Lipinski definition) is 4. The number of nitrogens with zero attached hydrogens (tertiary/aromatic N) is 1. The highest BCUT2D eigenvalue weighted by atomic mass is 32.2. The predicted octanol–water partition coefficient (Wildman–Crippen LogP) is 3.63. The second-order valence-corrected chi connectivity index (χ2v) is 6.74. The number of ether oxygens (including phenoxy) is 2. The molecule has 24 heavy (non-hydrogen) atoms. The molecule has 1 heterocycles. The van der Waals surface area contributed by atoms with Gasteiger partial charge in [-0.15, -0.1) is 0 Å². The molecule has 0 N–H and O–H groups in total. The molecule has 0 aromatic heterocycles. The molecule has 0 radical (unpaired) electrons. The van der Waals surface area contributed by atoms with Crippen molar-refractivity contribution in [3.8, 4) is 11.5 Å². The van der Waals surface area contributed by atoms with Crippen LogP contribution in [-0.2, 0) is 0 Å². The van der Waals surface area contributed by atoms with Crippen LogP contribution >= 0.6 is 11.8 Å². The summed E-state index contributed by atoms with van der Waals surface area (Å²) in [5, 5.41) is 0. The number of carbonyl (C=O) groups excluding carboxylic acids is 1. The van der Waals surface area contributed by atoms with Crippen molar-refractivity contribution >= 4 is 17.7 Å². The molecule has 1 amide bonds. The first-order valence-electron chi connectivity index (χ1n) is 7.89. The predicted molar refractivity (Wildman–Crippen MR) is 97.1 cm³/mol. The summed E-state index contributed by atoms with van der Waals surface area (Å²) >= 11 is 1.88. The molecular formula is C19H21NO3S. The summed E-state index contributed by atoms with van der Waals surface area (Å²) in [4.78, 5) is 15.0. The van der Waals surface area contributed by atoms with E-state index in [4.69, 9.17) is 9.47 Å². The highest BCUT2D eigenvalue weighted by Gasteiger charge is 2.29. The summed E-state index contributed by atoms with van der Waals surface area (Å²) in [6.07, 6.45) is 0. The van der Waals surface area contributed by atoms with Gasteiger partial charge in [0.2, 0.25) is 0 Å². The van der Waals surface area contributed by atoms with E-state index in [1.54, 1.807) is 20.3 Å². The van der Waals surface area contributed by atoms with E-state index in [2.05, 4.69) is 0 Å². The molecule has 0 unspecified atom stereocenters. The molecule has 4 nitrogen and oxygen atoms in total. The van der Waals surface area contributed by atoms with Crippen molar-refractivity contribution in [3.05, 3.63) is 59.7 Å². The lowest BCUT2D eigenvalue weighted by Gasteiger charge is -2.36. The molecule has 0 bridgehead atoms. The maximum atomic E-state index is 13.0. The first-order valence-corrected chi connectivity index (χ1v) is 9.05. The molecule has 1 fully saturated rings. The third-order valence-corrected chi connectivity index (χ3v) is 5.23. The van der Waals surface area contributed by atoms with Gasteiger partial charge in [-0.3, -0.25) is 4.79 Å². The Balaban J connectivity index is 1.86. The quantitative estimate of drug-likeness (QED) is 0.850. The lowest BCUT2D eigenvalue weighted by atomic mass is 10.0. The lowest BCUT2D eigenvalue weighted by molar-refractivity contribution is 0.0701. The second-order valence-electron chi connectivity index (χ2n) is 5.59. The SMILES string of the molecule is COc1ccc([C@H]2CSCCN2C(=O)c2cccc(OC)c2)cc1. The van der Waals surface area contributed by atoms with E-state index in [9.17, 15) is 4.79 Å². The number of rotatable bonds is 4. The third kappa shape index (κ3) is 3.51. The van der Waals surface area contributed by atoms with E-state index < -0.39 is 0 Å². The van der Waals surface area contributed by atoms with Gasteiger partial charge in [0.15, 0.2) is 0 Å². The number of hydrogen-bond donors (Lipinski definition) is 0. The Morgan fingerprint density at radius 2 is 1.83 bits per heavy atom. The maximum Gasteiger partial charge on any atom is 0.254 e. The van der Waals surface area contributed by atoms with Crippen LogP contribution in [0.5, 0.6) is 11.5 Å². The summed E-state index contributed by atoms with van der Waals surface area (Å²) in [6.45, 7) is 0.747. The van der Waals surface area contributed by atoms with Gasteiger partial charge in [0.05, 0.1) is 20.3 Å². The van der Waals surface area contributed by atoms with Gasteiger partial charge in [-0.1, -0.05) is 18.2 Å². The van der Waals surface area contributed by atoms with Gasteiger partial charge in [-0.25, -0.2) is 0 Å². The topological polar surface area (TPSA) is 38.8 Å². The molecule has 1 aliphatic heterocycles. The van der Waals surface area contributed by atoms with Crippen LogP contribution in [0, 0.1) is 0 Å². The van der Waals surface area contributed by atoms with Gasteiger partial charge in [-0.05, 0) is 35.9 Å². The average molecular weight is 343 g/mol. The molecule has 1 saturated heterocycles. The molecule has 1 aliphatic rings. The monoisotopic (exact) mass is 343 g/mol. The molecule has 5 heteroatoms. The number of amides is 1. The summed E-state index contributed by atoms with van der Waals surface area (Å²) in [5.41, 5.74) is 1.80. The summed E-state index contributed by atoms with van der Waals surface area (Å²) in [6, 6.07) is 15.4. The van der Waals surface area contributed by atoms with Crippen molar-refractivity contribution in [1.29, 1.82) is 0 Å². The number of methoxy groups -OCH3 is 2. The largest absolute Gasteiger partial charge is 0.497 e. The van der Waals surface area contributed by atoms with Crippen molar-refractivity contribution < 1.29 is 14.3 Å². The second kappa shape index (κ2) is 7.62. The Morgan fingerprint density at radius 1 is 1.08 bits per heavy atom. The number of thioether (sulfide) groups is 1. The number of carbonyl (C=O) groups is 1. The molecule has 2 aromatic carbocycles. The highest BCUT2D eigenvalue weighted by molar-refractivity contribution is 7.99. The fourth-order valence-corrected chi connectivity index (χ4v) is 3.96. The van der Waals surface area contributed by atoms with Crippen molar-refractivity contribution in [2.24, 2.45) is 0 Å². The Labute approximate surface area is 146 Å². The van der Waals surface area contributed by atoms with Gasteiger partial charge in [0, 0.05) is 23.6 Å². The van der Waals surface area contributed by atoms with Crippen LogP contribution in [0.2, 0.25) is 0 Å². The van der Waals surface area contributed by atoms with Crippen LogP contribution in [0.1, 0.15) is 22.0 Å². The van der Waals surface area contributed by atoms with E-state index in [1.807, 2.05) is 59.1 Å². The van der Waals surface area contributed by atoms with Crippen LogP contribution in [0.15, 0.2) is 48.5 Å². The summed E-state index contributed by atoms with van der Waals surface area (Å²) in [7, 11) is 3.27. The van der Waals surface area contributed by atoms with Crippen molar-refractivity contribution in [3.63, 3.8) is 0 Å².